The van der Waals surface area contributed by atoms with Crippen molar-refractivity contribution >= 4 is 5.97 Å². The highest BCUT2D eigenvalue weighted by atomic mass is 16.5. The lowest BCUT2D eigenvalue weighted by molar-refractivity contribution is -0.144. The van der Waals surface area contributed by atoms with Crippen LogP contribution in [0.1, 0.15) is 31.4 Å². The van der Waals surface area contributed by atoms with Crippen LogP contribution in [0.3, 0.4) is 0 Å². The van der Waals surface area contributed by atoms with E-state index >= 15 is 0 Å². The minimum absolute atomic E-state index is 0.101. The molecule has 17 heavy (non-hydrogen) atoms. The zero-order chi connectivity index (χ0) is 12.3. The molecule has 1 aromatic carbocycles. The average molecular weight is 233 g/mol. The highest BCUT2D eigenvalue weighted by Gasteiger charge is 2.24. The van der Waals surface area contributed by atoms with Gasteiger partial charge in [-0.2, -0.15) is 0 Å². The second kappa shape index (κ2) is 5.32. The van der Waals surface area contributed by atoms with Crippen LogP contribution in [0.4, 0.5) is 0 Å². The Morgan fingerprint density at radius 1 is 1.35 bits per heavy atom. The van der Waals surface area contributed by atoms with Crippen LogP contribution < -0.4 is 0 Å². The summed E-state index contributed by atoms with van der Waals surface area (Å²) in [7, 11) is 0. The number of benzene rings is 1. The molecule has 92 valence electrons. The Morgan fingerprint density at radius 3 is 2.47 bits per heavy atom. The van der Waals surface area contributed by atoms with Gasteiger partial charge in [-0.3, -0.25) is 9.69 Å². The largest absolute Gasteiger partial charge is 0.466 e. The molecule has 0 saturated carbocycles. The highest BCUT2D eigenvalue weighted by Crippen LogP contribution is 2.25. The second-order valence-corrected chi connectivity index (χ2v) is 4.53. The molecule has 1 aliphatic heterocycles. The maximum atomic E-state index is 11.4. The fraction of sp³-hybridized carbons (Fsp3) is 0.500. The van der Waals surface area contributed by atoms with Gasteiger partial charge in [0.15, 0.2) is 0 Å². The summed E-state index contributed by atoms with van der Waals surface area (Å²) in [6, 6.07) is 8.69. The summed E-state index contributed by atoms with van der Waals surface area (Å²) in [5.74, 6) is -0.101. The summed E-state index contributed by atoms with van der Waals surface area (Å²) >= 11 is 0. The van der Waals surface area contributed by atoms with Gasteiger partial charge >= 0.3 is 5.97 Å². The van der Waals surface area contributed by atoms with Gasteiger partial charge in [-0.1, -0.05) is 24.3 Å². The van der Waals surface area contributed by atoms with Gasteiger partial charge in [-0.05, 0) is 25.0 Å². The zero-order valence-electron chi connectivity index (χ0n) is 10.5. The monoisotopic (exact) mass is 233 g/mol. The van der Waals surface area contributed by atoms with Crippen LogP contribution in [-0.2, 0) is 22.6 Å². The SMILES string of the molecule is CCOC(=O)CC(C)N1Cc2ccccc2C1. The summed E-state index contributed by atoms with van der Waals surface area (Å²) in [6.45, 7) is 6.27. The lowest BCUT2D eigenvalue weighted by Crippen LogP contribution is -2.30. The van der Waals surface area contributed by atoms with Crippen molar-refractivity contribution in [3.8, 4) is 0 Å². The van der Waals surface area contributed by atoms with Crippen LogP contribution in [-0.4, -0.2) is 23.5 Å². The van der Waals surface area contributed by atoms with Crippen LogP contribution in [0.2, 0.25) is 0 Å². The predicted molar refractivity (Wildman–Crippen MR) is 66.4 cm³/mol. The van der Waals surface area contributed by atoms with Crippen molar-refractivity contribution in [3.63, 3.8) is 0 Å². The Morgan fingerprint density at radius 2 is 1.94 bits per heavy atom. The summed E-state index contributed by atoms with van der Waals surface area (Å²) in [5, 5.41) is 0. The van der Waals surface area contributed by atoms with Gasteiger partial charge in [0.25, 0.3) is 0 Å². The van der Waals surface area contributed by atoms with Gasteiger partial charge in [0.2, 0.25) is 0 Å². The van der Waals surface area contributed by atoms with Crippen LogP contribution in [0.15, 0.2) is 24.3 Å². The molecular formula is C14H19NO2. The number of esters is 1. The van der Waals surface area contributed by atoms with E-state index in [4.69, 9.17) is 4.74 Å². The van der Waals surface area contributed by atoms with Gasteiger partial charge < -0.3 is 4.74 Å². The quantitative estimate of drug-likeness (QED) is 0.748. The molecule has 1 heterocycles. The van der Waals surface area contributed by atoms with E-state index in [9.17, 15) is 4.79 Å². The third-order valence-electron chi connectivity index (χ3n) is 3.26. The first-order chi connectivity index (χ1) is 8.20. The highest BCUT2D eigenvalue weighted by molar-refractivity contribution is 5.70. The normalized spacial score (nSPS) is 16.6. The van der Waals surface area contributed by atoms with Crippen molar-refractivity contribution in [2.45, 2.75) is 39.4 Å². The number of ether oxygens (including phenoxy) is 1. The number of carbonyl (C=O) groups is 1. The molecule has 3 heteroatoms. The van der Waals surface area contributed by atoms with Crippen molar-refractivity contribution in [3.05, 3.63) is 35.4 Å². The Balaban J connectivity index is 1.92. The average Bonchev–Trinajstić information content (AvgIpc) is 2.72. The number of nitrogens with zero attached hydrogens (tertiary/aromatic N) is 1. The molecule has 3 nitrogen and oxygen atoms in total. The summed E-state index contributed by atoms with van der Waals surface area (Å²) < 4.78 is 4.98. The van der Waals surface area contributed by atoms with Crippen molar-refractivity contribution < 1.29 is 9.53 Å². The number of hydrogen-bond donors (Lipinski definition) is 0. The number of rotatable bonds is 4. The Bertz CT molecular complexity index is 378. The molecule has 0 N–H and O–H groups in total. The molecule has 0 radical (unpaired) electrons. The van der Waals surface area contributed by atoms with Crippen molar-refractivity contribution in [2.75, 3.05) is 6.61 Å². The topological polar surface area (TPSA) is 29.5 Å². The molecule has 0 bridgehead atoms. The zero-order valence-corrected chi connectivity index (χ0v) is 10.5. The lowest BCUT2D eigenvalue weighted by atomic mass is 10.1. The first-order valence-electron chi connectivity index (χ1n) is 6.17. The molecule has 0 spiro atoms. The maximum Gasteiger partial charge on any atom is 0.307 e. The van der Waals surface area contributed by atoms with E-state index in [1.165, 1.54) is 11.1 Å². The van der Waals surface area contributed by atoms with Crippen LogP contribution in [0, 0.1) is 0 Å². The number of fused-ring (bicyclic) bond motifs is 1. The van der Waals surface area contributed by atoms with E-state index in [2.05, 4.69) is 36.1 Å². The summed E-state index contributed by atoms with van der Waals surface area (Å²) in [6.07, 6.45) is 0.474. The molecule has 1 atom stereocenters. The minimum Gasteiger partial charge on any atom is -0.466 e. The third kappa shape index (κ3) is 2.86. The van der Waals surface area contributed by atoms with Crippen LogP contribution in [0.5, 0.6) is 0 Å². The predicted octanol–water partition coefficient (Wildman–Crippen LogP) is 2.34. The van der Waals surface area contributed by atoms with E-state index in [0.29, 0.717) is 13.0 Å². The van der Waals surface area contributed by atoms with Crippen molar-refractivity contribution in [2.24, 2.45) is 0 Å². The van der Waals surface area contributed by atoms with E-state index in [-0.39, 0.29) is 12.0 Å². The Hall–Kier alpha value is -1.35. The molecule has 0 aliphatic carbocycles. The summed E-state index contributed by atoms with van der Waals surface area (Å²) in [4.78, 5) is 13.8. The molecule has 1 unspecified atom stereocenters. The van der Waals surface area contributed by atoms with E-state index < -0.39 is 0 Å². The molecule has 1 aromatic rings. The van der Waals surface area contributed by atoms with Gasteiger partial charge in [0.05, 0.1) is 13.0 Å². The standard InChI is InChI=1S/C14H19NO2/c1-3-17-14(16)8-11(2)15-9-12-6-4-5-7-13(12)10-15/h4-7,11H,3,8-10H2,1-2H3. The van der Waals surface area contributed by atoms with Crippen LogP contribution >= 0.6 is 0 Å². The van der Waals surface area contributed by atoms with Gasteiger partial charge in [0.1, 0.15) is 0 Å². The van der Waals surface area contributed by atoms with Crippen molar-refractivity contribution in [1.82, 2.24) is 4.90 Å². The van der Waals surface area contributed by atoms with Gasteiger partial charge in [-0.25, -0.2) is 0 Å². The minimum atomic E-state index is -0.101. The van der Waals surface area contributed by atoms with Crippen molar-refractivity contribution in [1.29, 1.82) is 0 Å². The second-order valence-electron chi connectivity index (χ2n) is 4.53. The fourth-order valence-corrected chi connectivity index (χ4v) is 2.26. The number of hydrogen-bond acceptors (Lipinski definition) is 3. The lowest BCUT2D eigenvalue weighted by Gasteiger charge is -2.22. The fourth-order valence-electron chi connectivity index (χ4n) is 2.26. The Labute approximate surface area is 102 Å². The maximum absolute atomic E-state index is 11.4. The van der Waals surface area contributed by atoms with Crippen LogP contribution in [0.25, 0.3) is 0 Å². The van der Waals surface area contributed by atoms with E-state index in [0.717, 1.165) is 13.1 Å². The van der Waals surface area contributed by atoms with E-state index in [1.807, 2.05) is 6.92 Å². The molecule has 2 rings (SSSR count). The molecule has 0 fully saturated rings. The molecule has 1 aliphatic rings. The third-order valence-corrected chi connectivity index (χ3v) is 3.26. The molecule has 0 amide bonds. The molecule has 0 aromatic heterocycles. The van der Waals surface area contributed by atoms with E-state index in [1.54, 1.807) is 0 Å². The molecular weight excluding hydrogens is 214 g/mol. The number of carbonyl (C=O) groups excluding carboxylic acids is 1. The first kappa shape index (κ1) is 12.1. The first-order valence-corrected chi connectivity index (χ1v) is 6.17. The van der Waals surface area contributed by atoms with Gasteiger partial charge in [0, 0.05) is 19.1 Å². The Kier molecular flexibility index (Phi) is 3.79. The molecule has 0 saturated heterocycles. The van der Waals surface area contributed by atoms with Gasteiger partial charge in [-0.15, -0.1) is 0 Å². The summed E-state index contributed by atoms with van der Waals surface area (Å²) in [5.41, 5.74) is 2.76. The smallest absolute Gasteiger partial charge is 0.307 e.